The molecule has 0 saturated carbocycles. The predicted molar refractivity (Wildman–Crippen MR) is 105 cm³/mol. The zero-order valence-corrected chi connectivity index (χ0v) is 17.7. The third-order valence-electron chi connectivity index (χ3n) is 2.91. The third kappa shape index (κ3) is 13.0. The van der Waals surface area contributed by atoms with Crippen molar-refractivity contribution < 1.29 is 32.0 Å². The molecule has 3 N–H and O–H groups in total. The smallest absolute Gasteiger partial charge is 0.330 e. The molecular formula is C19H29NO7S. The normalized spacial score (nSPS) is 12.7. The molecule has 9 heteroatoms. The Labute approximate surface area is 166 Å². The van der Waals surface area contributed by atoms with Crippen LogP contribution in [-0.4, -0.2) is 43.2 Å². The Balaban J connectivity index is 0.000000567. The fourth-order valence-corrected chi connectivity index (χ4v) is 2.23. The molecule has 0 aromatic heterocycles. The molecule has 1 aromatic rings. The maximum atomic E-state index is 11.4. The molecule has 0 aliphatic heterocycles. The topological polar surface area (TPSA) is 133 Å². The first-order chi connectivity index (χ1) is 12.7. The third-order valence-corrected chi connectivity index (χ3v) is 3.78. The highest BCUT2D eigenvalue weighted by atomic mass is 32.2. The lowest BCUT2D eigenvalue weighted by molar-refractivity contribution is -0.155. The number of nitrogens with two attached hydrogens (primary N) is 1. The van der Waals surface area contributed by atoms with Crippen molar-refractivity contribution in [1.82, 2.24) is 0 Å². The van der Waals surface area contributed by atoms with Gasteiger partial charge in [-0.05, 0) is 46.8 Å². The average Bonchev–Trinajstić information content (AvgIpc) is 2.51. The summed E-state index contributed by atoms with van der Waals surface area (Å²) >= 11 is 0. The van der Waals surface area contributed by atoms with Gasteiger partial charge in [-0.15, -0.1) is 0 Å². The van der Waals surface area contributed by atoms with E-state index in [0.717, 1.165) is 5.56 Å². The molecule has 28 heavy (non-hydrogen) atoms. The molecule has 0 unspecified atom stereocenters. The van der Waals surface area contributed by atoms with Crippen LogP contribution in [0.4, 0.5) is 0 Å². The average molecular weight is 416 g/mol. The van der Waals surface area contributed by atoms with Crippen LogP contribution >= 0.6 is 0 Å². The predicted octanol–water partition coefficient (Wildman–Crippen LogP) is 2.41. The van der Waals surface area contributed by atoms with Crippen LogP contribution < -0.4 is 5.73 Å². The van der Waals surface area contributed by atoms with Gasteiger partial charge in [0.2, 0.25) is 0 Å². The molecule has 0 aliphatic carbocycles. The van der Waals surface area contributed by atoms with Gasteiger partial charge in [-0.25, -0.2) is 4.79 Å². The molecule has 158 valence electrons. The van der Waals surface area contributed by atoms with E-state index in [9.17, 15) is 18.0 Å². The van der Waals surface area contributed by atoms with E-state index in [4.69, 9.17) is 15.0 Å². The van der Waals surface area contributed by atoms with Crippen LogP contribution in [0, 0.1) is 6.92 Å². The number of ether oxygens (including phenoxy) is 2. The highest BCUT2D eigenvalue weighted by Gasteiger charge is 2.17. The minimum absolute atomic E-state index is 0.0349. The molecule has 0 spiro atoms. The second-order valence-electron chi connectivity index (χ2n) is 6.85. The summed E-state index contributed by atoms with van der Waals surface area (Å²) in [6, 6.07) is 5.44. The molecule has 1 atom stereocenters. The summed E-state index contributed by atoms with van der Waals surface area (Å²) in [5, 5.41) is 0. The van der Waals surface area contributed by atoms with Gasteiger partial charge in [-0.1, -0.05) is 23.8 Å². The standard InChI is InChI=1S/C12H21NO4.C7H8O3S/c1-5-16-10(14)7-6-9(13)8-11(15)17-12(2,3)4;1-6-2-4-7(5-3-6)11(8,9)10/h6-7,9H,5,8,13H2,1-4H3;2-5H,1H3,(H,8,9,10)/b7-6+;/t9-;/m1./s1. The van der Waals surface area contributed by atoms with Gasteiger partial charge in [0.15, 0.2) is 0 Å². The second kappa shape index (κ2) is 11.6. The fourth-order valence-electron chi connectivity index (χ4n) is 1.75. The molecule has 0 radical (unpaired) electrons. The lowest BCUT2D eigenvalue weighted by Gasteiger charge is -2.20. The number of benzene rings is 1. The number of carbonyl (C=O) groups excluding carboxylic acids is 2. The summed E-state index contributed by atoms with van der Waals surface area (Å²) in [7, 11) is -4.02. The number of aryl methyl sites for hydroxylation is 1. The van der Waals surface area contributed by atoms with Gasteiger partial charge in [0.25, 0.3) is 10.1 Å². The Morgan fingerprint density at radius 2 is 1.75 bits per heavy atom. The minimum Gasteiger partial charge on any atom is -0.463 e. The van der Waals surface area contributed by atoms with Gasteiger partial charge in [0.1, 0.15) is 5.60 Å². The molecule has 0 heterocycles. The van der Waals surface area contributed by atoms with E-state index in [1.165, 1.54) is 24.3 Å². The SMILES string of the molecule is CCOC(=O)/C=C/[C@@H](N)CC(=O)OC(C)(C)C.Cc1ccc(S(=O)(=O)O)cc1. The van der Waals surface area contributed by atoms with Gasteiger partial charge < -0.3 is 15.2 Å². The van der Waals surface area contributed by atoms with Crippen molar-refractivity contribution in [3.8, 4) is 0 Å². The van der Waals surface area contributed by atoms with Crippen LogP contribution in [0.25, 0.3) is 0 Å². The molecule has 0 saturated heterocycles. The highest BCUT2D eigenvalue weighted by molar-refractivity contribution is 7.85. The van der Waals surface area contributed by atoms with Gasteiger partial charge in [-0.3, -0.25) is 9.35 Å². The Bertz CT molecular complexity index is 762. The monoisotopic (exact) mass is 415 g/mol. The number of rotatable bonds is 6. The number of hydrogen-bond donors (Lipinski definition) is 2. The molecule has 0 aliphatic rings. The lowest BCUT2D eigenvalue weighted by Crippen LogP contribution is -2.29. The van der Waals surface area contributed by atoms with Gasteiger partial charge in [0.05, 0.1) is 17.9 Å². The minimum atomic E-state index is -4.02. The van der Waals surface area contributed by atoms with Crippen molar-refractivity contribution in [2.24, 2.45) is 5.73 Å². The quantitative estimate of drug-likeness (QED) is 0.411. The van der Waals surface area contributed by atoms with Crippen molar-refractivity contribution in [3.05, 3.63) is 42.0 Å². The van der Waals surface area contributed by atoms with Crippen LogP contribution in [0.1, 0.15) is 39.7 Å². The van der Waals surface area contributed by atoms with Crippen LogP contribution in [0.2, 0.25) is 0 Å². The Morgan fingerprint density at radius 1 is 1.21 bits per heavy atom. The number of carbonyl (C=O) groups is 2. The lowest BCUT2D eigenvalue weighted by atomic mass is 10.1. The van der Waals surface area contributed by atoms with Crippen molar-refractivity contribution >= 4 is 22.1 Å². The van der Waals surface area contributed by atoms with Gasteiger partial charge in [-0.2, -0.15) is 8.42 Å². The summed E-state index contributed by atoms with van der Waals surface area (Å²) in [6.07, 6.45) is 2.69. The molecule has 8 nitrogen and oxygen atoms in total. The van der Waals surface area contributed by atoms with Crippen LogP contribution in [0.3, 0.4) is 0 Å². The molecular weight excluding hydrogens is 386 g/mol. The first-order valence-electron chi connectivity index (χ1n) is 8.61. The van der Waals surface area contributed by atoms with Crippen molar-refractivity contribution in [1.29, 1.82) is 0 Å². The highest BCUT2D eigenvalue weighted by Crippen LogP contribution is 2.09. The second-order valence-corrected chi connectivity index (χ2v) is 8.28. The van der Waals surface area contributed by atoms with Crippen LogP contribution in [0.15, 0.2) is 41.3 Å². The van der Waals surface area contributed by atoms with Gasteiger partial charge >= 0.3 is 11.9 Å². The van der Waals surface area contributed by atoms with Crippen molar-refractivity contribution in [2.75, 3.05) is 6.61 Å². The van der Waals surface area contributed by atoms with Crippen LogP contribution in [0.5, 0.6) is 0 Å². The van der Waals surface area contributed by atoms with E-state index in [2.05, 4.69) is 4.74 Å². The zero-order valence-electron chi connectivity index (χ0n) is 16.8. The van der Waals surface area contributed by atoms with E-state index in [-0.39, 0.29) is 11.3 Å². The molecule has 1 aromatic carbocycles. The molecule has 1 rings (SSSR count). The van der Waals surface area contributed by atoms with E-state index in [1.807, 2.05) is 6.92 Å². The first kappa shape index (κ1) is 25.8. The summed E-state index contributed by atoms with van der Waals surface area (Å²) in [5.74, 6) is -0.856. The molecule has 0 bridgehead atoms. The van der Waals surface area contributed by atoms with Crippen molar-refractivity contribution in [2.45, 2.75) is 57.6 Å². The summed E-state index contributed by atoms with van der Waals surface area (Å²) in [4.78, 5) is 22.3. The Morgan fingerprint density at radius 3 is 2.18 bits per heavy atom. The van der Waals surface area contributed by atoms with Gasteiger partial charge in [0, 0.05) is 12.1 Å². The first-order valence-corrected chi connectivity index (χ1v) is 10.0. The van der Waals surface area contributed by atoms with E-state index < -0.39 is 33.7 Å². The maximum absolute atomic E-state index is 11.4. The summed E-state index contributed by atoms with van der Waals surface area (Å²) in [6.45, 7) is 9.21. The zero-order chi connectivity index (χ0) is 22.0. The van der Waals surface area contributed by atoms with E-state index >= 15 is 0 Å². The van der Waals surface area contributed by atoms with Crippen LogP contribution in [-0.2, 0) is 29.2 Å². The van der Waals surface area contributed by atoms with Crippen molar-refractivity contribution in [3.63, 3.8) is 0 Å². The molecule has 0 fully saturated rings. The Kier molecular flexibility index (Phi) is 10.7. The summed E-state index contributed by atoms with van der Waals surface area (Å²) < 4.78 is 39.3. The number of hydrogen-bond acceptors (Lipinski definition) is 7. The summed E-state index contributed by atoms with van der Waals surface area (Å²) in [5.41, 5.74) is 6.07. The van der Waals surface area contributed by atoms with E-state index in [0.29, 0.717) is 6.61 Å². The van der Waals surface area contributed by atoms with E-state index in [1.54, 1.807) is 39.8 Å². The Hall–Kier alpha value is -2.23. The maximum Gasteiger partial charge on any atom is 0.330 e. The fraction of sp³-hybridized carbons (Fsp3) is 0.474. The molecule has 0 amide bonds. The number of esters is 2. The largest absolute Gasteiger partial charge is 0.463 e.